The number of benzene rings is 1. The Balaban J connectivity index is 1.56. The Morgan fingerprint density at radius 2 is 2.22 bits per heavy atom. The van der Waals surface area contributed by atoms with Gasteiger partial charge in [-0.25, -0.2) is 9.78 Å². The van der Waals surface area contributed by atoms with Gasteiger partial charge in [0, 0.05) is 37.0 Å². The van der Waals surface area contributed by atoms with Gasteiger partial charge >= 0.3 is 6.03 Å². The summed E-state index contributed by atoms with van der Waals surface area (Å²) in [6, 6.07) is 7.49. The molecule has 1 aliphatic rings. The molecule has 0 aliphatic carbocycles. The number of nitrogens with zero attached hydrogens (tertiary/aromatic N) is 3. The zero-order chi connectivity index (χ0) is 19.6. The average Bonchev–Trinajstić information content (AvgIpc) is 3.21. The molecule has 3 amide bonds. The highest BCUT2D eigenvalue weighted by molar-refractivity contribution is 7.09. The molecule has 2 heterocycles. The van der Waals surface area contributed by atoms with Crippen molar-refractivity contribution in [3.05, 3.63) is 45.9 Å². The first-order valence-corrected chi connectivity index (χ1v) is 10.0. The van der Waals surface area contributed by atoms with Crippen molar-refractivity contribution in [3.8, 4) is 0 Å². The molecule has 1 atom stereocenters. The topological polar surface area (TPSA) is 65.5 Å². The summed E-state index contributed by atoms with van der Waals surface area (Å²) in [5.74, 6) is 0.426. The Morgan fingerprint density at radius 1 is 1.44 bits per heavy atom. The first-order valence-electron chi connectivity index (χ1n) is 9.16. The van der Waals surface area contributed by atoms with Crippen molar-refractivity contribution in [3.63, 3.8) is 0 Å². The van der Waals surface area contributed by atoms with Gasteiger partial charge in [-0.2, -0.15) is 0 Å². The number of carbonyl (C=O) groups is 2. The van der Waals surface area contributed by atoms with Crippen molar-refractivity contribution < 1.29 is 9.59 Å². The van der Waals surface area contributed by atoms with E-state index in [0.717, 1.165) is 22.0 Å². The van der Waals surface area contributed by atoms with Gasteiger partial charge in [-0.05, 0) is 24.6 Å². The molecule has 1 aliphatic heterocycles. The summed E-state index contributed by atoms with van der Waals surface area (Å²) in [6.07, 6.45) is 0.321. The monoisotopic (exact) mass is 386 g/mol. The smallest absolute Gasteiger partial charge is 0.317 e. The van der Waals surface area contributed by atoms with Gasteiger partial charge in [0.2, 0.25) is 5.91 Å². The molecule has 1 aromatic heterocycles. The maximum absolute atomic E-state index is 12.5. The molecule has 0 radical (unpaired) electrons. The molecule has 2 aromatic rings. The van der Waals surface area contributed by atoms with Crippen molar-refractivity contribution in [1.82, 2.24) is 15.2 Å². The van der Waals surface area contributed by atoms with Gasteiger partial charge in [0.15, 0.2) is 0 Å². The lowest BCUT2D eigenvalue weighted by atomic mass is 10.2. The summed E-state index contributed by atoms with van der Waals surface area (Å²) < 4.78 is 0. The van der Waals surface area contributed by atoms with Crippen LogP contribution in [-0.2, 0) is 11.3 Å². The van der Waals surface area contributed by atoms with Crippen LogP contribution in [0.4, 0.5) is 10.5 Å². The van der Waals surface area contributed by atoms with Crippen LogP contribution >= 0.6 is 11.3 Å². The van der Waals surface area contributed by atoms with Gasteiger partial charge in [-0.1, -0.05) is 26.0 Å². The number of aromatic nitrogens is 1. The van der Waals surface area contributed by atoms with Gasteiger partial charge in [0.25, 0.3) is 0 Å². The second kappa shape index (κ2) is 8.08. The summed E-state index contributed by atoms with van der Waals surface area (Å²) in [6.45, 7) is 7.17. The number of nitrogens with one attached hydrogen (secondary N) is 1. The van der Waals surface area contributed by atoms with Gasteiger partial charge in [0.05, 0.1) is 23.3 Å². The predicted molar refractivity (Wildman–Crippen MR) is 108 cm³/mol. The molecule has 6 nitrogen and oxygen atoms in total. The van der Waals surface area contributed by atoms with Crippen LogP contribution in [0.5, 0.6) is 0 Å². The van der Waals surface area contributed by atoms with Crippen LogP contribution in [0.15, 0.2) is 29.6 Å². The fraction of sp³-hybridized carbons (Fsp3) is 0.450. The Bertz CT molecular complexity index is 833. The number of amides is 3. The molecule has 3 rings (SSSR count). The van der Waals surface area contributed by atoms with Crippen molar-refractivity contribution in [1.29, 1.82) is 0 Å². The van der Waals surface area contributed by atoms with E-state index < -0.39 is 0 Å². The van der Waals surface area contributed by atoms with Crippen LogP contribution < -0.4 is 10.2 Å². The van der Waals surface area contributed by atoms with Crippen LogP contribution in [0.3, 0.4) is 0 Å². The van der Waals surface area contributed by atoms with Crippen LogP contribution in [0, 0.1) is 6.92 Å². The van der Waals surface area contributed by atoms with E-state index in [1.165, 1.54) is 0 Å². The lowest BCUT2D eigenvalue weighted by molar-refractivity contribution is -0.117. The highest BCUT2D eigenvalue weighted by Crippen LogP contribution is 2.23. The number of carbonyl (C=O) groups excluding carboxylic acids is 2. The fourth-order valence-electron chi connectivity index (χ4n) is 3.11. The fourth-order valence-corrected chi connectivity index (χ4v) is 3.94. The summed E-state index contributed by atoms with van der Waals surface area (Å²) in [5.41, 5.74) is 2.88. The van der Waals surface area contributed by atoms with E-state index in [9.17, 15) is 9.59 Å². The van der Waals surface area contributed by atoms with Crippen molar-refractivity contribution in [2.45, 2.75) is 45.7 Å². The third kappa shape index (κ3) is 4.66. The van der Waals surface area contributed by atoms with Gasteiger partial charge in [-0.3, -0.25) is 4.79 Å². The summed E-state index contributed by atoms with van der Waals surface area (Å²) in [4.78, 5) is 32.8. The molecule has 7 heteroatoms. The van der Waals surface area contributed by atoms with Gasteiger partial charge in [-0.15, -0.1) is 11.3 Å². The first-order chi connectivity index (χ1) is 12.8. The van der Waals surface area contributed by atoms with Gasteiger partial charge < -0.3 is 15.1 Å². The Labute approximate surface area is 164 Å². The van der Waals surface area contributed by atoms with E-state index >= 15 is 0 Å². The molecule has 0 bridgehead atoms. The Morgan fingerprint density at radius 3 is 2.89 bits per heavy atom. The minimum atomic E-state index is -0.186. The lowest BCUT2D eigenvalue weighted by Gasteiger charge is -2.21. The van der Waals surface area contributed by atoms with E-state index in [4.69, 9.17) is 0 Å². The zero-order valence-electron chi connectivity index (χ0n) is 16.2. The average molecular weight is 387 g/mol. The third-order valence-corrected chi connectivity index (χ3v) is 5.77. The molecule has 1 aromatic carbocycles. The molecule has 1 fully saturated rings. The number of urea groups is 1. The molecule has 0 unspecified atom stereocenters. The quantitative estimate of drug-likeness (QED) is 0.855. The number of anilines is 1. The number of hydrogen-bond acceptors (Lipinski definition) is 4. The van der Waals surface area contributed by atoms with E-state index in [0.29, 0.717) is 25.4 Å². The largest absolute Gasteiger partial charge is 0.333 e. The highest BCUT2D eigenvalue weighted by atomic mass is 32.1. The number of aryl methyl sites for hydroxylation is 1. The first kappa shape index (κ1) is 19.4. The zero-order valence-corrected chi connectivity index (χ0v) is 17.0. The Hall–Kier alpha value is -2.41. The second-order valence-electron chi connectivity index (χ2n) is 7.38. The molecular formula is C20H26N4O2S. The number of rotatable bonds is 5. The molecule has 27 heavy (non-hydrogen) atoms. The maximum atomic E-state index is 12.5. The molecule has 1 N–H and O–H groups in total. The predicted octanol–water partition coefficient (Wildman–Crippen LogP) is 3.52. The van der Waals surface area contributed by atoms with E-state index in [1.807, 2.05) is 36.6 Å². The molecule has 0 saturated carbocycles. The molecule has 0 spiro atoms. The number of thiazole rings is 1. The summed E-state index contributed by atoms with van der Waals surface area (Å²) in [7, 11) is 1.75. The lowest BCUT2D eigenvalue weighted by Crippen LogP contribution is -2.44. The van der Waals surface area contributed by atoms with E-state index in [-0.39, 0.29) is 18.0 Å². The van der Waals surface area contributed by atoms with E-state index in [1.54, 1.807) is 28.2 Å². The molecular weight excluding hydrogens is 360 g/mol. The third-order valence-electron chi connectivity index (χ3n) is 4.58. The molecule has 1 saturated heterocycles. The Kier molecular flexibility index (Phi) is 5.79. The summed E-state index contributed by atoms with van der Waals surface area (Å²) >= 11 is 1.62. The van der Waals surface area contributed by atoms with Gasteiger partial charge in [0.1, 0.15) is 0 Å². The minimum Gasteiger partial charge on any atom is -0.333 e. The number of hydrogen-bond donors (Lipinski definition) is 1. The summed E-state index contributed by atoms with van der Waals surface area (Å²) in [5, 5.41) is 6.05. The standard InChI is InChI=1S/C20H26N4O2S/c1-13(2)19-21-16(12-27-19)10-23(4)20(26)22-15-9-18(25)24(11-15)17-7-5-6-14(3)8-17/h5-8,12-13,15H,9-11H2,1-4H3,(H,22,26)/t15-/m1/s1. The van der Waals surface area contributed by atoms with E-state index in [2.05, 4.69) is 24.1 Å². The van der Waals surface area contributed by atoms with Crippen LogP contribution in [0.25, 0.3) is 0 Å². The highest BCUT2D eigenvalue weighted by Gasteiger charge is 2.32. The maximum Gasteiger partial charge on any atom is 0.317 e. The van der Waals surface area contributed by atoms with Crippen molar-refractivity contribution >= 4 is 29.0 Å². The minimum absolute atomic E-state index is 0.0367. The van der Waals surface area contributed by atoms with Crippen molar-refractivity contribution in [2.75, 3.05) is 18.5 Å². The van der Waals surface area contributed by atoms with Crippen LogP contribution in [0.2, 0.25) is 0 Å². The second-order valence-corrected chi connectivity index (χ2v) is 8.27. The van der Waals surface area contributed by atoms with Crippen molar-refractivity contribution in [2.24, 2.45) is 0 Å². The molecule has 144 valence electrons. The van der Waals surface area contributed by atoms with Crippen LogP contribution in [0.1, 0.15) is 42.5 Å². The normalized spacial score (nSPS) is 16.9. The van der Waals surface area contributed by atoms with Crippen LogP contribution in [-0.4, -0.2) is 41.5 Å². The SMILES string of the molecule is Cc1cccc(N2C[C@H](NC(=O)N(C)Cc3csc(C(C)C)n3)CC2=O)c1.